The van der Waals surface area contributed by atoms with Crippen molar-refractivity contribution < 1.29 is 10.4 Å². The molecule has 0 saturated heterocycles. The van der Waals surface area contributed by atoms with Crippen LogP contribution in [0.1, 0.15) is 17.7 Å². The molecular weight excluding hydrogens is 258 g/mol. The Balaban J connectivity index is 2.55. The first-order chi connectivity index (χ1) is 9.55. The predicted octanol–water partition coefficient (Wildman–Crippen LogP) is 2.01. The standard InChI is InChI=1S/C15H15NO2S/c16-14(17)11-19(18)15(12-7-3-1-4-8-12)13-9-5-2-6-10-13/h1-10,15H,11H2,(H2,16,17)/i15D. The monoisotopic (exact) mass is 274 g/mol. The van der Waals surface area contributed by atoms with Crippen molar-refractivity contribution in [3.8, 4) is 0 Å². The van der Waals surface area contributed by atoms with Crippen LogP contribution >= 0.6 is 0 Å². The minimum atomic E-state index is -1.76. The van der Waals surface area contributed by atoms with Gasteiger partial charge >= 0.3 is 0 Å². The number of hydrogen-bond acceptors (Lipinski definition) is 2. The minimum Gasteiger partial charge on any atom is -0.369 e. The first kappa shape index (κ1) is 12.1. The Morgan fingerprint density at radius 3 is 1.84 bits per heavy atom. The largest absolute Gasteiger partial charge is 0.369 e. The van der Waals surface area contributed by atoms with E-state index in [4.69, 9.17) is 7.10 Å². The van der Waals surface area contributed by atoms with Gasteiger partial charge in [0.2, 0.25) is 5.91 Å². The van der Waals surface area contributed by atoms with Crippen LogP contribution in [0.2, 0.25) is 0 Å². The molecule has 0 aliphatic carbocycles. The van der Waals surface area contributed by atoms with Crippen LogP contribution in [0.3, 0.4) is 0 Å². The zero-order chi connectivity index (χ0) is 14.6. The molecule has 2 rings (SSSR count). The second kappa shape index (κ2) is 6.29. The lowest BCUT2D eigenvalue weighted by Crippen LogP contribution is -2.23. The molecule has 1 amide bonds. The van der Waals surface area contributed by atoms with Crippen LogP contribution in [0.25, 0.3) is 0 Å². The lowest BCUT2D eigenvalue weighted by Gasteiger charge is -2.16. The van der Waals surface area contributed by atoms with Gasteiger partial charge in [0.15, 0.2) is 0 Å². The van der Waals surface area contributed by atoms with Crippen molar-refractivity contribution in [2.45, 2.75) is 5.23 Å². The molecule has 98 valence electrons. The van der Waals surface area contributed by atoms with Gasteiger partial charge in [0, 0.05) is 10.8 Å². The molecule has 0 saturated carbocycles. The summed E-state index contributed by atoms with van der Waals surface area (Å²) >= 11 is 0. The normalized spacial score (nSPS) is 13.6. The average Bonchev–Trinajstić information content (AvgIpc) is 2.47. The van der Waals surface area contributed by atoms with Crippen LogP contribution in [0, 0.1) is 0 Å². The Morgan fingerprint density at radius 1 is 1.05 bits per heavy atom. The molecule has 0 radical (unpaired) electrons. The molecule has 0 aromatic heterocycles. The molecule has 0 spiro atoms. The zero-order valence-corrected chi connectivity index (χ0v) is 11.1. The lowest BCUT2D eigenvalue weighted by molar-refractivity contribution is -0.115. The molecule has 0 aliphatic rings. The molecule has 1 atom stereocenters. The van der Waals surface area contributed by atoms with Crippen LogP contribution in [-0.2, 0) is 15.6 Å². The number of carbonyl (C=O) groups excluding carboxylic acids is 1. The molecular formula is C15H15NO2S. The number of rotatable bonds is 5. The van der Waals surface area contributed by atoms with Crippen molar-refractivity contribution in [3.63, 3.8) is 0 Å². The van der Waals surface area contributed by atoms with Gasteiger partial charge in [0.05, 0.1) is 6.60 Å². The third kappa shape index (κ3) is 3.51. The highest BCUT2D eigenvalue weighted by molar-refractivity contribution is 7.86. The Kier molecular flexibility index (Phi) is 4.01. The third-order valence-corrected chi connectivity index (χ3v) is 4.05. The number of nitrogens with two attached hydrogens (primary N) is 1. The Labute approximate surface area is 116 Å². The minimum absolute atomic E-state index is 0.340. The summed E-state index contributed by atoms with van der Waals surface area (Å²) in [5, 5.41) is -1.50. The first-order valence-electron chi connectivity index (χ1n) is 6.33. The SMILES string of the molecule is [2H]C(c1ccccc1)(c1ccccc1)S(=O)CC(N)=O. The highest BCUT2D eigenvalue weighted by Gasteiger charge is 2.22. The van der Waals surface area contributed by atoms with Crippen molar-refractivity contribution in [1.82, 2.24) is 0 Å². The molecule has 3 nitrogen and oxygen atoms in total. The molecule has 2 aromatic rings. The fourth-order valence-electron chi connectivity index (χ4n) is 1.81. The van der Waals surface area contributed by atoms with Gasteiger partial charge in [-0.25, -0.2) is 0 Å². The third-order valence-electron chi connectivity index (χ3n) is 2.57. The highest BCUT2D eigenvalue weighted by atomic mass is 32.2. The summed E-state index contributed by atoms with van der Waals surface area (Å²) in [4.78, 5) is 11.1. The summed E-state index contributed by atoms with van der Waals surface area (Å²) in [5.41, 5.74) is 6.28. The van der Waals surface area contributed by atoms with Crippen LogP contribution in [-0.4, -0.2) is 15.9 Å². The van der Waals surface area contributed by atoms with Crippen molar-refractivity contribution in [2.75, 3.05) is 5.75 Å². The van der Waals surface area contributed by atoms with Crippen LogP contribution in [0.15, 0.2) is 60.7 Å². The van der Waals surface area contributed by atoms with Gasteiger partial charge in [-0.05, 0) is 11.1 Å². The molecule has 4 heteroatoms. The average molecular weight is 274 g/mol. The summed E-state index contributed by atoms with van der Waals surface area (Å²) in [6.07, 6.45) is 0. The Hall–Kier alpha value is -1.94. The van der Waals surface area contributed by atoms with Gasteiger partial charge in [-0.15, -0.1) is 0 Å². The second-order valence-corrected chi connectivity index (χ2v) is 5.41. The first-order valence-corrected chi connectivity index (χ1v) is 7.15. The summed E-state index contributed by atoms with van der Waals surface area (Å²) in [6, 6.07) is 17.7. The van der Waals surface area contributed by atoms with Gasteiger partial charge in [0.25, 0.3) is 0 Å². The lowest BCUT2D eigenvalue weighted by atomic mass is 10.0. The molecule has 0 fully saturated rings. The van der Waals surface area contributed by atoms with Gasteiger partial charge in [-0.2, -0.15) is 0 Å². The van der Waals surface area contributed by atoms with Gasteiger partial charge in [-0.1, -0.05) is 60.7 Å². The van der Waals surface area contributed by atoms with E-state index >= 15 is 0 Å². The van der Waals surface area contributed by atoms with E-state index in [2.05, 4.69) is 0 Å². The van der Waals surface area contributed by atoms with Crippen LogP contribution in [0.5, 0.6) is 0 Å². The van der Waals surface area contributed by atoms with E-state index in [0.717, 1.165) is 0 Å². The topological polar surface area (TPSA) is 60.2 Å². The maximum Gasteiger partial charge on any atom is 0.230 e. The van der Waals surface area contributed by atoms with Gasteiger partial charge < -0.3 is 5.73 Å². The molecule has 0 bridgehead atoms. The van der Waals surface area contributed by atoms with Crippen LogP contribution in [0.4, 0.5) is 0 Å². The highest BCUT2D eigenvalue weighted by Crippen LogP contribution is 2.27. The van der Waals surface area contributed by atoms with E-state index in [-0.39, 0.29) is 5.75 Å². The number of hydrogen-bond donors (Lipinski definition) is 1. The maximum atomic E-state index is 12.5. The predicted molar refractivity (Wildman–Crippen MR) is 76.9 cm³/mol. The Bertz CT molecular complexity index is 577. The second-order valence-electron chi connectivity index (χ2n) is 4.02. The molecule has 1 unspecified atom stereocenters. The molecule has 0 heterocycles. The van der Waals surface area contributed by atoms with Gasteiger partial charge in [-0.3, -0.25) is 9.00 Å². The quantitative estimate of drug-likeness (QED) is 0.906. The summed E-state index contributed by atoms with van der Waals surface area (Å²) in [7, 11) is -1.76. The molecule has 19 heavy (non-hydrogen) atoms. The van der Waals surface area contributed by atoms with Crippen LogP contribution < -0.4 is 5.73 Å². The number of benzene rings is 2. The summed E-state index contributed by atoms with van der Waals surface area (Å²) < 4.78 is 21.2. The maximum absolute atomic E-state index is 12.5. The van der Waals surface area contributed by atoms with Crippen molar-refractivity contribution in [3.05, 3.63) is 71.8 Å². The van der Waals surface area contributed by atoms with E-state index in [1.165, 1.54) is 0 Å². The van der Waals surface area contributed by atoms with E-state index in [1.54, 1.807) is 48.5 Å². The summed E-state index contributed by atoms with van der Waals surface area (Å²) in [5.74, 6) is -1.01. The summed E-state index contributed by atoms with van der Waals surface area (Å²) in [6.45, 7) is 0. The fourth-order valence-corrected chi connectivity index (χ4v) is 3.01. The number of carbonyl (C=O) groups is 1. The molecule has 0 aliphatic heterocycles. The molecule has 2 N–H and O–H groups in total. The molecule has 2 aromatic carbocycles. The van der Waals surface area contributed by atoms with Crippen molar-refractivity contribution in [2.24, 2.45) is 5.73 Å². The Morgan fingerprint density at radius 2 is 1.47 bits per heavy atom. The van der Waals surface area contributed by atoms with Crippen molar-refractivity contribution in [1.29, 1.82) is 0 Å². The van der Waals surface area contributed by atoms with Gasteiger partial charge in [0.1, 0.15) is 5.75 Å². The van der Waals surface area contributed by atoms with E-state index < -0.39 is 21.9 Å². The van der Waals surface area contributed by atoms with Crippen molar-refractivity contribution >= 4 is 16.7 Å². The number of primary amides is 1. The smallest absolute Gasteiger partial charge is 0.230 e. The zero-order valence-electron chi connectivity index (χ0n) is 11.3. The van der Waals surface area contributed by atoms with E-state index in [9.17, 15) is 9.00 Å². The fraction of sp³-hybridized carbons (Fsp3) is 0.133. The number of amides is 1. The van der Waals surface area contributed by atoms with E-state index in [0.29, 0.717) is 11.1 Å². The van der Waals surface area contributed by atoms with E-state index in [1.807, 2.05) is 12.1 Å².